The predicted octanol–water partition coefficient (Wildman–Crippen LogP) is 1.84. The number of aliphatic hydroxyl groups is 1. The highest BCUT2D eigenvalue weighted by molar-refractivity contribution is 5.23. The zero-order valence-corrected chi connectivity index (χ0v) is 11.2. The van der Waals surface area contributed by atoms with Gasteiger partial charge in [-0.25, -0.2) is 0 Å². The number of hydrogen-bond acceptors (Lipinski definition) is 3. The third-order valence-corrected chi connectivity index (χ3v) is 3.94. The molecule has 2 rings (SSSR count). The molecule has 0 aromatic heterocycles. The van der Waals surface area contributed by atoms with Gasteiger partial charge in [0.15, 0.2) is 0 Å². The highest BCUT2D eigenvalue weighted by Crippen LogP contribution is 2.20. The molecule has 2 unspecified atom stereocenters. The normalized spacial score (nSPS) is 22.3. The molecule has 0 radical (unpaired) electrons. The van der Waals surface area contributed by atoms with Crippen LogP contribution in [0.1, 0.15) is 36.4 Å². The zero-order valence-electron chi connectivity index (χ0n) is 11.2. The third kappa shape index (κ3) is 3.31. The minimum absolute atomic E-state index is 0.102. The summed E-state index contributed by atoms with van der Waals surface area (Å²) in [6, 6.07) is 8.92. The van der Waals surface area contributed by atoms with Crippen molar-refractivity contribution in [2.24, 2.45) is 5.73 Å². The van der Waals surface area contributed by atoms with Gasteiger partial charge in [0.05, 0.1) is 6.61 Å². The van der Waals surface area contributed by atoms with Crippen molar-refractivity contribution in [1.82, 2.24) is 4.90 Å². The summed E-state index contributed by atoms with van der Waals surface area (Å²) in [6.45, 7) is 4.46. The van der Waals surface area contributed by atoms with E-state index in [1.807, 2.05) is 0 Å². The molecule has 1 aromatic carbocycles. The van der Waals surface area contributed by atoms with Crippen LogP contribution in [0.2, 0.25) is 0 Å². The summed E-state index contributed by atoms with van der Waals surface area (Å²) in [6.07, 6.45) is 3.28. The van der Waals surface area contributed by atoms with E-state index in [1.165, 1.54) is 17.5 Å². The second-order valence-corrected chi connectivity index (χ2v) is 5.32. The van der Waals surface area contributed by atoms with Crippen LogP contribution in [0.5, 0.6) is 0 Å². The van der Waals surface area contributed by atoms with Crippen molar-refractivity contribution in [2.75, 3.05) is 19.7 Å². The fourth-order valence-corrected chi connectivity index (χ4v) is 2.68. The summed E-state index contributed by atoms with van der Waals surface area (Å²) in [7, 11) is 0. The van der Waals surface area contributed by atoms with Gasteiger partial charge in [0, 0.05) is 18.6 Å². The Hall–Kier alpha value is -0.900. The SMILES string of the molecule is Cc1ccc(C(N)CCN2CCCC2CO)cc1. The molecule has 100 valence electrons. The fraction of sp³-hybridized carbons (Fsp3) is 0.600. The molecule has 3 N–H and O–H groups in total. The molecule has 0 saturated carbocycles. The molecule has 0 bridgehead atoms. The molecule has 3 nitrogen and oxygen atoms in total. The van der Waals surface area contributed by atoms with Crippen molar-refractivity contribution in [2.45, 2.75) is 38.3 Å². The molecule has 0 aliphatic carbocycles. The maximum absolute atomic E-state index is 9.28. The molecule has 1 heterocycles. The molecule has 18 heavy (non-hydrogen) atoms. The van der Waals surface area contributed by atoms with E-state index in [2.05, 4.69) is 36.1 Å². The number of nitrogens with two attached hydrogens (primary N) is 1. The Bertz CT molecular complexity index is 363. The first-order valence-corrected chi connectivity index (χ1v) is 6.88. The fourth-order valence-electron chi connectivity index (χ4n) is 2.68. The Balaban J connectivity index is 1.84. The predicted molar refractivity (Wildman–Crippen MR) is 74.4 cm³/mol. The van der Waals surface area contributed by atoms with Crippen LogP contribution in [0.15, 0.2) is 24.3 Å². The van der Waals surface area contributed by atoms with E-state index in [0.717, 1.165) is 25.9 Å². The summed E-state index contributed by atoms with van der Waals surface area (Å²) >= 11 is 0. The average molecular weight is 248 g/mol. The second-order valence-electron chi connectivity index (χ2n) is 5.32. The van der Waals surface area contributed by atoms with Gasteiger partial charge in [0.2, 0.25) is 0 Å². The van der Waals surface area contributed by atoms with E-state index in [4.69, 9.17) is 5.73 Å². The molecular weight excluding hydrogens is 224 g/mol. The molecule has 1 aliphatic heterocycles. The van der Waals surface area contributed by atoms with Gasteiger partial charge in [-0.15, -0.1) is 0 Å². The quantitative estimate of drug-likeness (QED) is 0.836. The molecule has 0 amide bonds. The molecule has 1 aliphatic rings. The van der Waals surface area contributed by atoms with Gasteiger partial charge < -0.3 is 10.8 Å². The van der Waals surface area contributed by atoms with Crippen LogP contribution in [0.3, 0.4) is 0 Å². The Morgan fingerprint density at radius 1 is 1.39 bits per heavy atom. The molecule has 1 aromatic rings. The van der Waals surface area contributed by atoms with Crippen molar-refractivity contribution < 1.29 is 5.11 Å². The van der Waals surface area contributed by atoms with E-state index in [1.54, 1.807) is 0 Å². The Morgan fingerprint density at radius 3 is 2.78 bits per heavy atom. The monoisotopic (exact) mass is 248 g/mol. The molecule has 3 heteroatoms. The smallest absolute Gasteiger partial charge is 0.0586 e. The highest BCUT2D eigenvalue weighted by Gasteiger charge is 2.23. The minimum Gasteiger partial charge on any atom is -0.395 e. The number of hydrogen-bond donors (Lipinski definition) is 2. The lowest BCUT2D eigenvalue weighted by molar-refractivity contribution is 0.155. The maximum atomic E-state index is 9.28. The Labute approximate surface area is 110 Å². The van der Waals surface area contributed by atoms with E-state index in [-0.39, 0.29) is 12.6 Å². The van der Waals surface area contributed by atoms with Crippen molar-refractivity contribution >= 4 is 0 Å². The Kier molecular flexibility index (Phi) is 4.75. The lowest BCUT2D eigenvalue weighted by Crippen LogP contribution is -2.34. The van der Waals surface area contributed by atoms with Crippen molar-refractivity contribution in [3.05, 3.63) is 35.4 Å². The first-order chi connectivity index (χ1) is 8.70. The van der Waals surface area contributed by atoms with Crippen LogP contribution >= 0.6 is 0 Å². The number of aryl methyl sites for hydroxylation is 1. The minimum atomic E-state index is 0.102. The first kappa shape index (κ1) is 13.5. The molecule has 2 atom stereocenters. The zero-order chi connectivity index (χ0) is 13.0. The van der Waals surface area contributed by atoms with Crippen LogP contribution in [-0.4, -0.2) is 35.7 Å². The second kappa shape index (κ2) is 6.32. The van der Waals surface area contributed by atoms with Gasteiger partial charge in [-0.05, 0) is 38.3 Å². The number of benzene rings is 1. The van der Waals surface area contributed by atoms with Gasteiger partial charge in [-0.3, -0.25) is 4.90 Å². The maximum Gasteiger partial charge on any atom is 0.0586 e. The van der Waals surface area contributed by atoms with E-state index in [0.29, 0.717) is 6.04 Å². The highest BCUT2D eigenvalue weighted by atomic mass is 16.3. The van der Waals surface area contributed by atoms with Crippen molar-refractivity contribution in [3.8, 4) is 0 Å². The summed E-state index contributed by atoms with van der Waals surface area (Å²) in [5.74, 6) is 0. The van der Waals surface area contributed by atoms with Crippen LogP contribution in [-0.2, 0) is 0 Å². The molecule has 1 fully saturated rings. The van der Waals surface area contributed by atoms with Gasteiger partial charge in [0.1, 0.15) is 0 Å². The van der Waals surface area contributed by atoms with Gasteiger partial charge >= 0.3 is 0 Å². The number of likely N-dealkylation sites (tertiary alicyclic amines) is 1. The summed E-state index contributed by atoms with van der Waals surface area (Å²) in [5, 5.41) is 9.28. The lowest BCUT2D eigenvalue weighted by atomic mass is 10.0. The van der Waals surface area contributed by atoms with Crippen LogP contribution in [0.4, 0.5) is 0 Å². The van der Waals surface area contributed by atoms with Crippen molar-refractivity contribution in [3.63, 3.8) is 0 Å². The summed E-state index contributed by atoms with van der Waals surface area (Å²) in [5.41, 5.74) is 8.70. The Morgan fingerprint density at radius 2 is 2.11 bits per heavy atom. The van der Waals surface area contributed by atoms with Crippen LogP contribution in [0, 0.1) is 6.92 Å². The van der Waals surface area contributed by atoms with E-state index in [9.17, 15) is 5.11 Å². The topological polar surface area (TPSA) is 49.5 Å². The van der Waals surface area contributed by atoms with E-state index >= 15 is 0 Å². The molecular formula is C15H24N2O. The number of nitrogens with zero attached hydrogens (tertiary/aromatic N) is 1. The summed E-state index contributed by atoms with van der Waals surface area (Å²) < 4.78 is 0. The van der Waals surface area contributed by atoms with Gasteiger partial charge in [-0.2, -0.15) is 0 Å². The van der Waals surface area contributed by atoms with E-state index < -0.39 is 0 Å². The van der Waals surface area contributed by atoms with Crippen molar-refractivity contribution in [1.29, 1.82) is 0 Å². The number of aliphatic hydroxyl groups excluding tert-OH is 1. The standard InChI is InChI=1S/C15H24N2O/c1-12-4-6-13(7-5-12)15(16)8-10-17-9-2-3-14(17)11-18/h4-7,14-15,18H,2-3,8-11,16H2,1H3. The average Bonchev–Trinajstić information content (AvgIpc) is 2.84. The number of rotatable bonds is 5. The molecule has 1 saturated heterocycles. The first-order valence-electron chi connectivity index (χ1n) is 6.88. The lowest BCUT2D eigenvalue weighted by Gasteiger charge is -2.24. The van der Waals surface area contributed by atoms with Crippen LogP contribution < -0.4 is 5.73 Å². The summed E-state index contributed by atoms with van der Waals surface area (Å²) in [4.78, 5) is 2.37. The molecule has 0 spiro atoms. The van der Waals surface area contributed by atoms with Gasteiger partial charge in [-0.1, -0.05) is 29.8 Å². The largest absolute Gasteiger partial charge is 0.395 e. The van der Waals surface area contributed by atoms with Gasteiger partial charge in [0.25, 0.3) is 0 Å². The third-order valence-electron chi connectivity index (χ3n) is 3.94. The van der Waals surface area contributed by atoms with Crippen LogP contribution in [0.25, 0.3) is 0 Å².